The van der Waals surface area contributed by atoms with Crippen LogP contribution in [0.5, 0.6) is 0 Å². The summed E-state index contributed by atoms with van der Waals surface area (Å²) in [5.74, 6) is 0.949. The fourth-order valence-electron chi connectivity index (χ4n) is 2.92. The Bertz CT molecular complexity index is 295. The maximum Gasteiger partial charge on any atom is 0.191 e. The molecule has 0 radical (unpaired) electrons. The monoisotopic (exact) mass is 410 g/mol. The number of nitrogens with zero attached hydrogens (tertiary/aromatic N) is 2. The minimum Gasteiger partial charge on any atom is -0.356 e. The van der Waals surface area contributed by atoms with Gasteiger partial charge in [-0.25, -0.2) is 0 Å². The molecule has 0 aromatic rings. The van der Waals surface area contributed by atoms with Gasteiger partial charge < -0.3 is 10.6 Å². The molecule has 4 nitrogen and oxygen atoms in total. The van der Waals surface area contributed by atoms with E-state index in [1.807, 2.05) is 7.05 Å². The van der Waals surface area contributed by atoms with E-state index >= 15 is 0 Å². The van der Waals surface area contributed by atoms with Crippen molar-refractivity contribution in [1.29, 1.82) is 0 Å². The van der Waals surface area contributed by atoms with Crippen molar-refractivity contribution in [1.82, 2.24) is 15.5 Å². The van der Waals surface area contributed by atoms with Crippen molar-refractivity contribution in [3.63, 3.8) is 0 Å². The van der Waals surface area contributed by atoms with E-state index in [0.29, 0.717) is 11.5 Å². The second-order valence-electron chi connectivity index (χ2n) is 6.28. The number of halogens is 1. The Morgan fingerprint density at radius 2 is 1.90 bits per heavy atom. The predicted molar refractivity (Wildman–Crippen MR) is 104 cm³/mol. The van der Waals surface area contributed by atoms with Gasteiger partial charge in [0.05, 0.1) is 0 Å². The maximum absolute atomic E-state index is 4.33. The van der Waals surface area contributed by atoms with Crippen LogP contribution < -0.4 is 10.6 Å². The van der Waals surface area contributed by atoms with Crippen LogP contribution in [0.3, 0.4) is 0 Å². The summed E-state index contributed by atoms with van der Waals surface area (Å²) in [6, 6.07) is 0.607. The van der Waals surface area contributed by atoms with Crippen LogP contribution >= 0.6 is 24.0 Å². The summed E-state index contributed by atoms with van der Waals surface area (Å²) in [6.45, 7) is 13.2. The first kappa shape index (κ1) is 21.0. The van der Waals surface area contributed by atoms with Crippen LogP contribution in [0.15, 0.2) is 4.99 Å². The van der Waals surface area contributed by atoms with Crippen molar-refractivity contribution >= 4 is 29.9 Å². The molecule has 0 aromatic carbocycles. The number of hydrogen-bond donors (Lipinski definition) is 2. The number of hydrogen-bond acceptors (Lipinski definition) is 2. The van der Waals surface area contributed by atoms with E-state index < -0.39 is 0 Å². The molecule has 21 heavy (non-hydrogen) atoms. The first-order chi connectivity index (χ1) is 9.56. The zero-order chi connectivity index (χ0) is 15.0. The van der Waals surface area contributed by atoms with E-state index in [1.165, 1.54) is 25.7 Å². The van der Waals surface area contributed by atoms with Gasteiger partial charge in [-0.3, -0.25) is 9.89 Å². The van der Waals surface area contributed by atoms with Gasteiger partial charge in [-0.15, -0.1) is 24.0 Å². The number of likely N-dealkylation sites (N-methyl/N-ethyl adjacent to an activating group) is 1. The highest BCUT2D eigenvalue weighted by molar-refractivity contribution is 14.0. The van der Waals surface area contributed by atoms with Gasteiger partial charge in [0.1, 0.15) is 0 Å². The Hall–Kier alpha value is -0.0400. The average Bonchev–Trinajstić information content (AvgIpc) is 2.39. The average molecular weight is 410 g/mol. The third-order valence-corrected chi connectivity index (χ3v) is 4.85. The van der Waals surface area contributed by atoms with E-state index in [2.05, 4.69) is 48.2 Å². The van der Waals surface area contributed by atoms with Crippen molar-refractivity contribution in [3.8, 4) is 0 Å². The van der Waals surface area contributed by atoms with Gasteiger partial charge in [0.25, 0.3) is 0 Å². The summed E-state index contributed by atoms with van der Waals surface area (Å²) < 4.78 is 0. The molecule has 2 N–H and O–H groups in total. The Kier molecular flexibility index (Phi) is 10.6. The lowest BCUT2D eigenvalue weighted by molar-refractivity contribution is 0.131. The lowest BCUT2D eigenvalue weighted by atomic mass is 9.67. The van der Waals surface area contributed by atoms with Crippen molar-refractivity contribution in [2.75, 3.05) is 33.2 Å². The molecule has 1 aliphatic rings. The molecule has 0 amide bonds. The smallest absolute Gasteiger partial charge is 0.191 e. The van der Waals surface area contributed by atoms with Crippen LogP contribution in [0, 0.1) is 5.41 Å². The van der Waals surface area contributed by atoms with Gasteiger partial charge in [0.2, 0.25) is 0 Å². The molecule has 0 unspecified atom stereocenters. The summed E-state index contributed by atoms with van der Waals surface area (Å²) in [5, 5.41) is 6.94. The molecule has 0 saturated heterocycles. The Morgan fingerprint density at radius 3 is 2.29 bits per heavy atom. The zero-order valence-corrected chi connectivity index (χ0v) is 16.9. The van der Waals surface area contributed by atoms with Crippen LogP contribution in [0.1, 0.15) is 53.4 Å². The second kappa shape index (κ2) is 10.6. The summed E-state index contributed by atoms with van der Waals surface area (Å²) in [4.78, 5) is 6.79. The molecule has 0 bridgehead atoms. The topological polar surface area (TPSA) is 39.7 Å². The van der Waals surface area contributed by atoms with Crippen LogP contribution in [0.2, 0.25) is 0 Å². The quantitative estimate of drug-likeness (QED) is 0.367. The zero-order valence-electron chi connectivity index (χ0n) is 14.5. The Balaban J connectivity index is 0.00000400. The highest BCUT2D eigenvalue weighted by Gasteiger charge is 2.34. The van der Waals surface area contributed by atoms with Gasteiger partial charge in [0, 0.05) is 32.7 Å². The number of aliphatic imine (C=N–C) groups is 1. The molecule has 0 aliphatic heterocycles. The molecule has 126 valence electrons. The third kappa shape index (κ3) is 6.72. The summed E-state index contributed by atoms with van der Waals surface area (Å²) >= 11 is 0. The minimum atomic E-state index is 0. The van der Waals surface area contributed by atoms with Gasteiger partial charge in [-0.05, 0) is 45.1 Å². The van der Waals surface area contributed by atoms with Crippen molar-refractivity contribution in [2.45, 2.75) is 59.4 Å². The molecule has 0 heterocycles. The molecular formula is C16H35IN4. The van der Waals surface area contributed by atoms with Crippen molar-refractivity contribution in [3.05, 3.63) is 0 Å². The molecule has 1 saturated carbocycles. The van der Waals surface area contributed by atoms with Gasteiger partial charge in [-0.1, -0.05) is 20.3 Å². The first-order valence-electron chi connectivity index (χ1n) is 8.25. The summed E-state index contributed by atoms with van der Waals surface area (Å²) in [5.41, 5.74) is 0.533. The minimum absolute atomic E-state index is 0. The lowest BCUT2D eigenvalue weighted by Crippen LogP contribution is -2.48. The molecule has 0 spiro atoms. The SMILES string of the molecule is CCN(CCNC(=NC)NCC1(CC)CCC1)C(C)C.I. The molecular weight excluding hydrogens is 375 g/mol. The van der Waals surface area contributed by atoms with Gasteiger partial charge >= 0.3 is 0 Å². The van der Waals surface area contributed by atoms with Gasteiger partial charge in [0.15, 0.2) is 5.96 Å². The van der Waals surface area contributed by atoms with Gasteiger partial charge in [-0.2, -0.15) is 0 Å². The maximum atomic E-state index is 4.33. The van der Waals surface area contributed by atoms with E-state index in [9.17, 15) is 0 Å². The third-order valence-electron chi connectivity index (χ3n) is 4.85. The largest absolute Gasteiger partial charge is 0.356 e. The number of guanidine groups is 1. The van der Waals surface area contributed by atoms with E-state index in [-0.39, 0.29) is 24.0 Å². The lowest BCUT2D eigenvalue weighted by Gasteiger charge is -2.41. The Labute approximate surface area is 148 Å². The van der Waals surface area contributed by atoms with Crippen LogP contribution in [0.4, 0.5) is 0 Å². The van der Waals surface area contributed by atoms with Crippen molar-refractivity contribution in [2.24, 2.45) is 10.4 Å². The molecule has 0 atom stereocenters. The van der Waals surface area contributed by atoms with E-state index in [4.69, 9.17) is 0 Å². The fraction of sp³-hybridized carbons (Fsp3) is 0.938. The first-order valence-corrected chi connectivity index (χ1v) is 8.25. The van der Waals surface area contributed by atoms with Crippen LogP contribution in [-0.4, -0.2) is 50.1 Å². The van der Waals surface area contributed by atoms with Crippen LogP contribution in [0.25, 0.3) is 0 Å². The molecule has 1 fully saturated rings. The number of nitrogens with one attached hydrogen (secondary N) is 2. The van der Waals surface area contributed by atoms with Crippen LogP contribution in [-0.2, 0) is 0 Å². The summed E-state index contributed by atoms with van der Waals surface area (Å²) in [7, 11) is 1.86. The standard InChI is InChI=1S/C16H34N4.HI/c1-6-16(9-8-10-16)13-19-15(17-5)18-11-12-20(7-2)14(3)4;/h14H,6-13H2,1-5H3,(H2,17,18,19);1H. The molecule has 1 rings (SSSR count). The van der Waals surface area contributed by atoms with E-state index in [1.54, 1.807) is 0 Å². The fourth-order valence-corrected chi connectivity index (χ4v) is 2.92. The molecule has 0 aromatic heterocycles. The van der Waals surface area contributed by atoms with E-state index in [0.717, 1.165) is 32.1 Å². The number of rotatable bonds is 8. The Morgan fingerprint density at radius 1 is 1.24 bits per heavy atom. The highest BCUT2D eigenvalue weighted by Crippen LogP contribution is 2.42. The van der Waals surface area contributed by atoms with Crippen molar-refractivity contribution < 1.29 is 0 Å². The highest BCUT2D eigenvalue weighted by atomic mass is 127. The molecule has 5 heteroatoms. The normalized spacial score (nSPS) is 17.4. The molecule has 1 aliphatic carbocycles. The predicted octanol–water partition coefficient (Wildman–Crippen LogP) is 3.08. The summed E-state index contributed by atoms with van der Waals surface area (Å²) in [6.07, 6.45) is 5.39. The second-order valence-corrected chi connectivity index (χ2v) is 6.28.